The molecule has 0 aliphatic rings. The van der Waals surface area contributed by atoms with Gasteiger partial charge in [-0.15, -0.1) is 0 Å². The van der Waals surface area contributed by atoms with Gasteiger partial charge in [-0.1, -0.05) is 30.3 Å². The van der Waals surface area contributed by atoms with Crippen LogP contribution >= 0.6 is 0 Å². The highest BCUT2D eigenvalue weighted by Crippen LogP contribution is 2.21. The van der Waals surface area contributed by atoms with Crippen molar-refractivity contribution in [3.05, 3.63) is 42.5 Å². The topological polar surface area (TPSA) is 46.3 Å². The summed E-state index contributed by atoms with van der Waals surface area (Å²) in [6.07, 6.45) is -3.11. The lowest BCUT2D eigenvalue weighted by Crippen LogP contribution is -2.41. The van der Waals surface area contributed by atoms with Crippen molar-refractivity contribution in [2.24, 2.45) is 5.84 Å². The van der Waals surface area contributed by atoms with Gasteiger partial charge < -0.3 is 0 Å². The molecule has 2 N–H and O–H groups in total. The Kier molecular flexibility index (Phi) is 3.01. The van der Waals surface area contributed by atoms with E-state index in [2.05, 4.69) is 0 Å². The van der Waals surface area contributed by atoms with Crippen molar-refractivity contribution < 1.29 is 13.6 Å². The number of benzene rings is 2. The summed E-state index contributed by atoms with van der Waals surface area (Å²) in [4.78, 5) is 11.0. The maximum absolute atomic E-state index is 12.2. The van der Waals surface area contributed by atoms with E-state index < -0.39 is 12.3 Å². The van der Waals surface area contributed by atoms with Crippen LogP contribution in [0.3, 0.4) is 0 Å². The van der Waals surface area contributed by atoms with Gasteiger partial charge in [-0.05, 0) is 22.9 Å². The first kappa shape index (κ1) is 11.5. The van der Waals surface area contributed by atoms with Crippen LogP contribution in [0, 0.1) is 0 Å². The Balaban J connectivity index is 2.39. The number of hydrogen-bond donors (Lipinski definition) is 1. The van der Waals surface area contributed by atoms with E-state index in [1.165, 1.54) is 6.07 Å². The third-order valence-corrected chi connectivity index (χ3v) is 2.44. The van der Waals surface area contributed by atoms with Crippen LogP contribution in [0.5, 0.6) is 0 Å². The lowest BCUT2D eigenvalue weighted by molar-refractivity contribution is -0.129. The Labute approximate surface area is 96.4 Å². The standard InChI is InChI=1S/C12H10F2N2O/c13-11(14)12(17)16(15)10-6-5-8-3-1-2-4-9(8)7-10/h1-7,11H,15H2. The van der Waals surface area contributed by atoms with Crippen molar-refractivity contribution in [1.29, 1.82) is 0 Å². The second-order valence-electron chi connectivity index (χ2n) is 3.54. The van der Waals surface area contributed by atoms with E-state index >= 15 is 0 Å². The quantitative estimate of drug-likeness (QED) is 0.494. The van der Waals surface area contributed by atoms with E-state index in [4.69, 9.17) is 5.84 Å². The smallest absolute Gasteiger partial charge is 0.266 e. The van der Waals surface area contributed by atoms with Gasteiger partial charge in [0.15, 0.2) is 0 Å². The fourth-order valence-corrected chi connectivity index (χ4v) is 1.56. The summed E-state index contributed by atoms with van der Waals surface area (Å²) in [5, 5.41) is 2.26. The van der Waals surface area contributed by atoms with Gasteiger partial charge in [0, 0.05) is 0 Å². The maximum Gasteiger partial charge on any atom is 0.317 e. The monoisotopic (exact) mass is 236 g/mol. The lowest BCUT2D eigenvalue weighted by atomic mass is 10.1. The van der Waals surface area contributed by atoms with E-state index in [1.807, 2.05) is 24.3 Å². The van der Waals surface area contributed by atoms with E-state index in [0.717, 1.165) is 10.8 Å². The number of halogens is 2. The molecule has 0 unspecified atom stereocenters. The maximum atomic E-state index is 12.2. The van der Waals surface area contributed by atoms with Gasteiger partial charge in [-0.2, -0.15) is 8.78 Å². The van der Waals surface area contributed by atoms with Crippen LogP contribution in [-0.2, 0) is 4.79 Å². The van der Waals surface area contributed by atoms with Gasteiger partial charge >= 0.3 is 12.3 Å². The Bertz CT molecular complexity index is 557. The summed E-state index contributed by atoms with van der Waals surface area (Å²) in [5.74, 6) is 3.92. The number of carbonyl (C=O) groups excluding carboxylic acids is 1. The highest BCUT2D eigenvalue weighted by Gasteiger charge is 2.22. The zero-order valence-electron chi connectivity index (χ0n) is 8.81. The molecule has 0 saturated carbocycles. The summed E-state index contributed by atoms with van der Waals surface area (Å²) in [7, 11) is 0. The molecule has 2 aromatic rings. The van der Waals surface area contributed by atoms with E-state index in [0.29, 0.717) is 5.01 Å². The first-order valence-electron chi connectivity index (χ1n) is 4.95. The number of alkyl halides is 2. The number of fused-ring (bicyclic) bond motifs is 1. The fourth-order valence-electron chi connectivity index (χ4n) is 1.56. The molecule has 0 aromatic heterocycles. The Morgan fingerprint density at radius 3 is 2.41 bits per heavy atom. The summed E-state index contributed by atoms with van der Waals surface area (Å²) >= 11 is 0. The summed E-state index contributed by atoms with van der Waals surface area (Å²) < 4.78 is 24.4. The van der Waals surface area contributed by atoms with Crippen LogP contribution in [0.25, 0.3) is 10.8 Å². The number of nitrogens with zero attached hydrogens (tertiary/aromatic N) is 1. The summed E-state index contributed by atoms with van der Waals surface area (Å²) in [5.41, 5.74) is 0.244. The number of anilines is 1. The number of hydrazine groups is 1. The minimum Gasteiger partial charge on any atom is -0.266 e. The summed E-state index contributed by atoms with van der Waals surface area (Å²) in [6.45, 7) is 0. The zero-order valence-corrected chi connectivity index (χ0v) is 8.81. The van der Waals surface area contributed by atoms with Crippen molar-refractivity contribution in [3.63, 3.8) is 0 Å². The molecule has 0 saturated heterocycles. The number of amides is 1. The molecule has 1 amide bonds. The molecule has 0 atom stereocenters. The number of hydrogen-bond acceptors (Lipinski definition) is 2. The van der Waals surface area contributed by atoms with Crippen molar-refractivity contribution in [2.75, 3.05) is 5.01 Å². The van der Waals surface area contributed by atoms with E-state index in [-0.39, 0.29) is 5.69 Å². The van der Waals surface area contributed by atoms with Crippen LogP contribution in [0.4, 0.5) is 14.5 Å². The fraction of sp³-hybridized carbons (Fsp3) is 0.0833. The van der Waals surface area contributed by atoms with Gasteiger partial charge in [-0.3, -0.25) is 4.79 Å². The van der Waals surface area contributed by atoms with Crippen molar-refractivity contribution in [3.8, 4) is 0 Å². The molecule has 0 bridgehead atoms. The van der Waals surface area contributed by atoms with Crippen molar-refractivity contribution in [1.82, 2.24) is 0 Å². The molecule has 0 heterocycles. The molecular weight excluding hydrogens is 226 g/mol. The molecule has 0 aliphatic heterocycles. The predicted molar refractivity (Wildman–Crippen MR) is 61.6 cm³/mol. The Hall–Kier alpha value is -2.01. The second kappa shape index (κ2) is 4.47. The summed E-state index contributed by atoms with van der Waals surface area (Å²) in [6, 6.07) is 12.2. The van der Waals surface area contributed by atoms with Crippen LogP contribution in [-0.4, -0.2) is 12.3 Å². The molecule has 17 heavy (non-hydrogen) atoms. The SMILES string of the molecule is NN(C(=O)C(F)F)c1ccc2ccccc2c1. The van der Waals surface area contributed by atoms with Crippen LogP contribution in [0.15, 0.2) is 42.5 Å². The van der Waals surface area contributed by atoms with Crippen LogP contribution < -0.4 is 10.9 Å². The van der Waals surface area contributed by atoms with Gasteiger partial charge in [0.2, 0.25) is 0 Å². The highest BCUT2D eigenvalue weighted by molar-refractivity contribution is 5.97. The minimum atomic E-state index is -3.11. The Morgan fingerprint density at radius 1 is 1.12 bits per heavy atom. The van der Waals surface area contributed by atoms with E-state index in [1.54, 1.807) is 12.1 Å². The highest BCUT2D eigenvalue weighted by atomic mass is 19.3. The molecule has 0 aliphatic carbocycles. The lowest BCUT2D eigenvalue weighted by Gasteiger charge is -2.16. The normalized spacial score (nSPS) is 10.8. The molecular formula is C12H10F2N2O. The van der Waals surface area contributed by atoms with Crippen molar-refractivity contribution >= 4 is 22.4 Å². The molecule has 0 radical (unpaired) electrons. The first-order chi connectivity index (χ1) is 8.09. The molecule has 88 valence electrons. The Morgan fingerprint density at radius 2 is 1.76 bits per heavy atom. The predicted octanol–water partition coefficient (Wildman–Crippen LogP) is 2.31. The average molecular weight is 236 g/mol. The third kappa shape index (κ3) is 2.24. The molecule has 0 spiro atoms. The van der Waals surface area contributed by atoms with E-state index in [9.17, 15) is 13.6 Å². The van der Waals surface area contributed by atoms with Crippen LogP contribution in [0.2, 0.25) is 0 Å². The van der Waals surface area contributed by atoms with Crippen molar-refractivity contribution in [2.45, 2.75) is 6.43 Å². The largest absolute Gasteiger partial charge is 0.317 e. The molecule has 2 rings (SSSR count). The first-order valence-corrected chi connectivity index (χ1v) is 4.95. The molecule has 5 heteroatoms. The second-order valence-corrected chi connectivity index (χ2v) is 3.54. The van der Waals surface area contributed by atoms with Crippen LogP contribution in [0.1, 0.15) is 0 Å². The number of nitrogens with two attached hydrogens (primary N) is 1. The zero-order chi connectivity index (χ0) is 12.4. The van der Waals surface area contributed by atoms with Gasteiger partial charge in [-0.25, -0.2) is 10.9 Å². The minimum absolute atomic E-state index is 0.244. The third-order valence-electron chi connectivity index (χ3n) is 2.44. The average Bonchev–Trinajstić information content (AvgIpc) is 2.36. The molecule has 2 aromatic carbocycles. The van der Waals surface area contributed by atoms with Gasteiger partial charge in [0.05, 0.1) is 5.69 Å². The number of carbonyl (C=O) groups is 1. The van der Waals surface area contributed by atoms with Gasteiger partial charge in [0.25, 0.3) is 0 Å². The molecule has 3 nitrogen and oxygen atoms in total. The number of rotatable bonds is 2. The van der Waals surface area contributed by atoms with Gasteiger partial charge in [0.1, 0.15) is 0 Å². The molecule has 0 fully saturated rings.